The van der Waals surface area contributed by atoms with Crippen LogP contribution in [0.4, 0.5) is 5.69 Å². The number of hydrogen-bond donors (Lipinski definition) is 3. The molecule has 0 radical (unpaired) electrons. The number of carboxylic acids is 1. The minimum atomic E-state index is -4.02. The summed E-state index contributed by atoms with van der Waals surface area (Å²) in [4.78, 5) is 10.8. The molecule has 0 aliphatic heterocycles. The van der Waals surface area contributed by atoms with E-state index in [0.717, 1.165) is 16.8 Å². The van der Waals surface area contributed by atoms with Crippen LogP contribution < -0.4 is 4.72 Å². The Balaban J connectivity index is 2.38. The molecule has 8 nitrogen and oxygen atoms in total. The largest absolute Gasteiger partial charge is 0.507 e. The van der Waals surface area contributed by atoms with E-state index >= 15 is 0 Å². The Bertz CT molecular complexity index is 796. The van der Waals surface area contributed by atoms with Crippen molar-refractivity contribution in [1.29, 1.82) is 0 Å². The fourth-order valence-corrected chi connectivity index (χ4v) is 3.39. The Morgan fingerprint density at radius 2 is 2.10 bits per heavy atom. The van der Waals surface area contributed by atoms with Gasteiger partial charge in [-0.3, -0.25) is 9.40 Å². The van der Waals surface area contributed by atoms with Crippen LogP contribution in [0.25, 0.3) is 0 Å². The van der Waals surface area contributed by atoms with Crippen molar-refractivity contribution in [3.63, 3.8) is 0 Å². The zero-order chi connectivity index (χ0) is 15.8. The van der Waals surface area contributed by atoms with Gasteiger partial charge in [-0.05, 0) is 12.1 Å². The molecule has 0 bridgehead atoms. The monoisotopic (exact) mass is 331 g/mol. The number of hydrogen-bond acceptors (Lipinski definition) is 5. The van der Waals surface area contributed by atoms with Crippen LogP contribution in [0.5, 0.6) is 5.75 Å². The van der Waals surface area contributed by atoms with Gasteiger partial charge in [-0.1, -0.05) is 11.6 Å². The van der Waals surface area contributed by atoms with Crippen LogP contribution in [0.1, 0.15) is 10.4 Å². The minimum Gasteiger partial charge on any atom is -0.507 e. The first-order valence-corrected chi connectivity index (χ1v) is 7.35. The first-order chi connectivity index (χ1) is 9.72. The summed E-state index contributed by atoms with van der Waals surface area (Å²) in [6.07, 6.45) is 1.18. The Hall–Kier alpha value is -2.26. The van der Waals surface area contributed by atoms with Crippen molar-refractivity contribution in [2.24, 2.45) is 7.05 Å². The summed E-state index contributed by atoms with van der Waals surface area (Å²) in [5, 5.41) is 21.7. The first kappa shape index (κ1) is 15.1. The number of nitrogens with one attached hydrogen (secondary N) is 1. The highest BCUT2D eigenvalue weighted by molar-refractivity contribution is 7.92. The van der Waals surface area contributed by atoms with Crippen molar-refractivity contribution in [2.45, 2.75) is 5.03 Å². The van der Waals surface area contributed by atoms with Crippen LogP contribution in [-0.2, 0) is 17.1 Å². The summed E-state index contributed by atoms with van der Waals surface area (Å²) in [5.41, 5.74) is -0.341. The van der Waals surface area contributed by atoms with E-state index in [0.29, 0.717) is 0 Å². The van der Waals surface area contributed by atoms with Crippen LogP contribution >= 0.6 is 11.6 Å². The number of carboxylic acid groups (broad SMARTS) is 1. The number of sulfonamides is 1. The third-order valence-electron chi connectivity index (χ3n) is 2.58. The van der Waals surface area contributed by atoms with Crippen molar-refractivity contribution >= 4 is 33.3 Å². The number of rotatable bonds is 4. The Morgan fingerprint density at radius 1 is 1.43 bits per heavy atom. The van der Waals surface area contributed by atoms with Gasteiger partial charge >= 0.3 is 5.97 Å². The molecule has 2 rings (SSSR count). The fourth-order valence-electron chi connectivity index (χ4n) is 1.68. The Labute approximate surface area is 124 Å². The molecule has 1 aromatic carbocycles. The number of aromatic hydroxyl groups is 1. The second-order valence-electron chi connectivity index (χ2n) is 4.06. The maximum atomic E-state index is 12.2. The van der Waals surface area contributed by atoms with Gasteiger partial charge in [0.05, 0.1) is 16.9 Å². The standard InChI is InChI=1S/C11H10ClN3O5S/c1-15-10(8(12)5-13-15)21(19,20)14-6-2-3-7(11(17)18)9(16)4-6/h2-5,14,16H,1H3,(H,17,18). The van der Waals surface area contributed by atoms with Gasteiger partial charge < -0.3 is 10.2 Å². The molecule has 3 N–H and O–H groups in total. The third-order valence-corrected chi connectivity index (χ3v) is 4.46. The number of nitrogens with zero attached hydrogens (tertiary/aromatic N) is 2. The molecule has 112 valence electrons. The van der Waals surface area contributed by atoms with Gasteiger partial charge in [-0.15, -0.1) is 0 Å². The molecule has 0 atom stereocenters. The van der Waals surface area contributed by atoms with Crippen molar-refractivity contribution in [3.05, 3.63) is 35.0 Å². The summed E-state index contributed by atoms with van der Waals surface area (Å²) >= 11 is 5.76. The summed E-state index contributed by atoms with van der Waals surface area (Å²) in [7, 11) is -2.61. The van der Waals surface area contributed by atoms with E-state index in [1.807, 2.05) is 0 Å². The molecule has 0 spiro atoms. The van der Waals surface area contributed by atoms with E-state index in [2.05, 4.69) is 9.82 Å². The molecule has 2 aromatic rings. The Kier molecular flexibility index (Phi) is 3.79. The van der Waals surface area contributed by atoms with Gasteiger partial charge in [0.25, 0.3) is 10.0 Å². The maximum Gasteiger partial charge on any atom is 0.339 e. The minimum absolute atomic E-state index is 0.00485. The molecule has 0 amide bonds. The number of carbonyl (C=O) groups is 1. The lowest BCUT2D eigenvalue weighted by Crippen LogP contribution is -2.17. The molecule has 0 unspecified atom stereocenters. The molecule has 21 heavy (non-hydrogen) atoms. The van der Waals surface area contributed by atoms with E-state index in [-0.39, 0.29) is 21.3 Å². The van der Waals surface area contributed by atoms with Gasteiger partial charge in [0.1, 0.15) is 11.3 Å². The van der Waals surface area contributed by atoms with E-state index in [1.165, 1.54) is 19.3 Å². The van der Waals surface area contributed by atoms with Gasteiger partial charge in [-0.25, -0.2) is 4.79 Å². The lowest BCUT2D eigenvalue weighted by molar-refractivity contribution is 0.0694. The highest BCUT2D eigenvalue weighted by Crippen LogP contribution is 2.26. The molecular weight excluding hydrogens is 322 g/mol. The first-order valence-electron chi connectivity index (χ1n) is 5.49. The predicted molar refractivity (Wildman–Crippen MR) is 74.1 cm³/mol. The zero-order valence-corrected chi connectivity index (χ0v) is 12.2. The lowest BCUT2D eigenvalue weighted by Gasteiger charge is -2.09. The van der Waals surface area contributed by atoms with Crippen LogP contribution in [0.2, 0.25) is 5.02 Å². The number of aryl methyl sites for hydroxylation is 1. The lowest BCUT2D eigenvalue weighted by atomic mass is 10.2. The summed E-state index contributed by atoms with van der Waals surface area (Å²) < 4.78 is 27.6. The normalized spacial score (nSPS) is 11.3. The molecule has 0 aliphatic carbocycles. The quantitative estimate of drug-likeness (QED) is 0.775. The topological polar surface area (TPSA) is 122 Å². The second-order valence-corrected chi connectivity index (χ2v) is 6.07. The highest BCUT2D eigenvalue weighted by atomic mass is 35.5. The fraction of sp³-hybridized carbons (Fsp3) is 0.0909. The van der Waals surface area contributed by atoms with Gasteiger partial charge in [-0.2, -0.15) is 13.5 Å². The average Bonchev–Trinajstić information content (AvgIpc) is 2.68. The molecule has 0 fully saturated rings. The van der Waals surface area contributed by atoms with Crippen molar-refractivity contribution in [1.82, 2.24) is 9.78 Å². The number of halogens is 1. The molecule has 0 aliphatic rings. The van der Waals surface area contributed by atoms with E-state index in [1.54, 1.807) is 0 Å². The summed E-state index contributed by atoms with van der Waals surface area (Å²) in [5.74, 6) is -1.88. The van der Waals surface area contributed by atoms with Crippen LogP contribution in [0.3, 0.4) is 0 Å². The van der Waals surface area contributed by atoms with Crippen LogP contribution in [-0.4, -0.2) is 34.4 Å². The zero-order valence-electron chi connectivity index (χ0n) is 10.6. The predicted octanol–water partition coefficient (Wildman–Crippen LogP) is 1.28. The van der Waals surface area contributed by atoms with E-state index in [4.69, 9.17) is 16.7 Å². The maximum absolute atomic E-state index is 12.2. The number of aromatic nitrogens is 2. The third kappa shape index (κ3) is 2.93. The smallest absolute Gasteiger partial charge is 0.339 e. The summed E-state index contributed by atoms with van der Waals surface area (Å²) in [6.45, 7) is 0. The Morgan fingerprint density at radius 3 is 2.57 bits per heavy atom. The van der Waals surface area contributed by atoms with Gasteiger partial charge in [0.2, 0.25) is 0 Å². The van der Waals surface area contributed by atoms with Gasteiger partial charge in [0, 0.05) is 13.1 Å². The average molecular weight is 332 g/mol. The number of anilines is 1. The van der Waals surface area contributed by atoms with Crippen molar-refractivity contribution < 1.29 is 23.4 Å². The van der Waals surface area contributed by atoms with Crippen LogP contribution in [0, 0.1) is 0 Å². The molecule has 1 aromatic heterocycles. The molecule has 1 heterocycles. The number of phenols is 1. The molecule has 0 saturated heterocycles. The number of benzene rings is 1. The molecule has 0 saturated carbocycles. The number of aromatic carboxylic acids is 1. The van der Waals surface area contributed by atoms with Crippen LogP contribution in [0.15, 0.2) is 29.4 Å². The molecular formula is C11H10ClN3O5S. The molecule has 10 heteroatoms. The van der Waals surface area contributed by atoms with E-state index < -0.39 is 21.7 Å². The second kappa shape index (κ2) is 5.26. The summed E-state index contributed by atoms with van der Waals surface area (Å²) in [6, 6.07) is 3.29. The SMILES string of the molecule is Cn1ncc(Cl)c1S(=O)(=O)Nc1ccc(C(=O)O)c(O)c1. The van der Waals surface area contributed by atoms with Gasteiger partial charge in [0.15, 0.2) is 5.03 Å². The highest BCUT2D eigenvalue weighted by Gasteiger charge is 2.23. The van der Waals surface area contributed by atoms with Crippen molar-refractivity contribution in [2.75, 3.05) is 4.72 Å². The van der Waals surface area contributed by atoms with Crippen molar-refractivity contribution in [3.8, 4) is 5.75 Å². The van der Waals surface area contributed by atoms with E-state index in [9.17, 15) is 18.3 Å².